The molecule has 2 aromatic carbocycles. The van der Waals surface area contributed by atoms with E-state index in [2.05, 4.69) is 9.84 Å². The van der Waals surface area contributed by atoms with Crippen LogP contribution in [-0.2, 0) is 14.3 Å². The second-order valence-electron chi connectivity index (χ2n) is 6.26. The molecular weight excluding hydrogens is 397 g/mol. The Kier molecular flexibility index (Phi) is 7.50. The maximum absolute atomic E-state index is 13.6. The zero-order chi connectivity index (χ0) is 21.6. The topological polar surface area (TPSA) is 62.2 Å². The average Bonchev–Trinajstić information content (AvgIpc) is 2.69. The molecule has 0 fully saturated rings. The van der Waals surface area contributed by atoms with Crippen LogP contribution in [0.4, 0.5) is 15.8 Å². The minimum Gasteiger partial charge on any atom is -0.465 e. The zero-order valence-electron chi connectivity index (χ0n) is 16.5. The predicted molar refractivity (Wildman–Crippen MR) is 113 cm³/mol. The van der Waals surface area contributed by atoms with Gasteiger partial charge in [-0.3, -0.25) is 9.80 Å². The summed E-state index contributed by atoms with van der Waals surface area (Å²) in [5.74, 6) is -1.21. The number of esters is 1. The molecule has 0 saturated carbocycles. The third kappa shape index (κ3) is 5.65. The summed E-state index contributed by atoms with van der Waals surface area (Å²) in [5.41, 5.74) is 1.90. The lowest BCUT2D eigenvalue weighted by Gasteiger charge is -2.17. The van der Waals surface area contributed by atoms with E-state index in [4.69, 9.17) is 11.6 Å². The van der Waals surface area contributed by atoms with Crippen LogP contribution < -0.4 is 9.91 Å². The average molecular weight is 418 g/mol. The van der Waals surface area contributed by atoms with Gasteiger partial charge in [0, 0.05) is 26.7 Å². The second kappa shape index (κ2) is 9.84. The van der Waals surface area contributed by atoms with E-state index in [-0.39, 0.29) is 11.3 Å². The molecule has 8 heteroatoms. The monoisotopic (exact) mass is 417 g/mol. The lowest BCUT2D eigenvalue weighted by atomic mass is 10.1. The van der Waals surface area contributed by atoms with Crippen molar-refractivity contribution in [1.29, 1.82) is 0 Å². The van der Waals surface area contributed by atoms with Gasteiger partial charge in [0.25, 0.3) is 0 Å². The molecule has 0 radical (unpaired) electrons. The van der Waals surface area contributed by atoms with Crippen molar-refractivity contribution in [2.24, 2.45) is 5.10 Å². The van der Waals surface area contributed by atoms with Crippen LogP contribution in [0.3, 0.4) is 0 Å². The van der Waals surface area contributed by atoms with Crippen LogP contribution >= 0.6 is 11.6 Å². The molecule has 0 aliphatic heterocycles. The van der Waals surface area contributed by atoms with Crippen molar-refractivity contribution in [2.45, 2.75) is 0 Å². The Balaban J connectivity index is 2.59. The largest absolute Gasteiger partial charge is 0.465 e. The zero-order valence-corrected chi connectivity index (χ0v) is 17.3. The first-order chi connectivity index (χ1) is 13.8. The second-order valence-corrected chi connectivity index (χ2v) is 6.67. The molecular formula is C21H21ClFN3O3. The number of hydrogen-bond acceptors (Lipinski definition) is 6. The van der Waals surface area contributed by atoms with Crippen molar-refractivity contribution in [2.75, 3.05) is 38.2 Å². The number of anilines is 2. The molecule has 0 N–H and O–H groups in total. The van der Waals surface area contributed by atoms with Gasteiger partial charge in [0.1, 0.15) is 11.4 Å². The molecule has 152 valence electrons. The summed E-state index contributed by atoms with van der Waals surface area (Å²) >= 11 is 6.36. The number of nitrogens with zero attached hydrogens (tertiary/aromatic N) is 3. The van der Waals surface area contributed by atoms with Crippen molar-refractivity contribution in [3.8, 4) is 0 Å². The van der Waals surface area contributed by atoms with Gasteiger partial charge in [-0.2, -0.15) is 5.10 Å². The van der Waals surface area contributed by atoms with Crippen LogP contribution in [-0.4, -0.2) is 46.2 Å². The molecule has 29 heavy (non-hydrogen) atoms. The first kappa shape index (κ1) is 22.1. The number of halogens is 2. The fourth-order valence-electron chi connectivity index (χ4n) is 2.50. The summed E-state index contributed by atoms with van der Waals surface area (Å²) in [5, 5.41) is 6.34. The molecule has 0 amide bonds. The maximum atomic E-state index is 13.6. The van der Waals surface area contributed by atoms with E-state index in [9.17, 15) is 14.0 Å². The lowest BCUT2D eigenvalue weighted by Crippen LogP contribution is -2.16. The van der Waals surface area contributed by atoms with E-state index in [0.717, 1.165) is 5.69 Å². The number of carbonyl (C=O) groups excluding carboxylic acids is 2. The van der Waals surface area contributed by atoms with Gasteiger partial charge in [0.15, 0.2) is 6.29 Å². The molecule has 0 spiro atoms. The Morgan fingerprint density at radius 2 is 1.90 bits per heavy atom. The fourth-order valence-corrected chi connectivity index (χ4v) is 2.85. The van der Waals surface area contributed by atoms with Gasteiger partial charge in [0.2, 0.25) is 0 Å². The van der Waals surface area contributed by atoms with Gasteiger partial charge in [0.05, 0.1) is 29.2 Å². The molecule has 6 nitrogen and oxygen atoms in total. The third-order valence-corrected chi connectivity index (χ3v) is 4.31. The Labute approximate surface area is 173 Å². The number of carbonyl (C=O) groups is 2. The van der Waals surface area contributed by atoms with Crippen molar-refractivity contribution in [3.05, 3.63) is 70.5 Å². The number of methoxy groups -OCH3 is 1. The first-order valence-electron chi connectivity index (χ1n) is 8.57. The first-order valence-corrected chi connectivity index (χ1v) is 8.95. The molecule has 0 unspecified atom stereocenters. The summed E-state index contributed by atoms with van der Waals surface area (Å²) in [6, 6.07) is 11.1. The van der Waals surface area contributed by atoms with Crippen molar-refractivity contribution < 1.29 is 18.7 Å². The van der Waals surface area contributed by atoms with E-state index in [0.29, 0.717) is 22.6 Å². The van der Waals surface area contributed by atoms with Gasteiger partial charge in [-0.25, -0.2) is 9.18 Å². The third-order valence-electron chi connectivity index (χ3n) is 4.01. The summed E-state index contributed by atoms with van der Waals surface area (Å²) in [7, 11) is 6.51. The van der Waals surface area contributed by atoms with Crippen LogP contribution in [0.5, 0.6) is 0 Å². The Hall–Kier alpha value is -3.19. The van der Waals surface area contributed by atoms with Crippen LogP contribution in [0.1, 0.15) is 5.56 Å². The Morgan fingerprint density at radius 1 is 1.17 bits per heavy atom. The standard InChI is InChI=1S/C21H21ClFN3O3/c1-25(2)20-9-8-14(10-18(20)22)19(11-15(13-27)21(28)29-4)24-26(3)17-7-5-6-16(23)12-17/h5-13H,1-4H3/b15-11+,24-19+. The van der Waals surface area contributed by atoms with Gasteiger partial charge in [-0.1, -0.05) is 23.7 Å². The van der Waals surface area contributed by atoms with Crippen LogP contribution in [0, 0.1) is 5.82 Å². The number of hydrazone groups is 1. The number of hydrogen-bond donors (Lipinski definition) is 0. The summed E-state index contributed by atoms with van der Waals surface area (Å²) < 4.78 is 18.2. The molecule has 0 heterocycles. The number of aldehydes is 1. The minimum absolute atomic E-state index is 0.216. The van der Waals surface area contributed by atoms with E-state index < -0.39 is 11.8 Å². The molecule has 0 saturated heterocycles. The molecule has 0 aliphatic rings. The summed E-state index contributed by atoms with van der Waals surface area (Å²) in [6.07, 6.45) is 1.69. The maximum Gasteiger partial charge on any atom is 0.341 e. The normalized spacial score (nSPS) is 11.8. The van der Waals surface area contributed by atoms with Crippen LogP contribution in [0.15, 0.2) is 59.2 Å². The number of rotatable bonds is 7. The summed E-state index contributed by atoms with van der Waals surface area (Å²) in [6.45, 7) is 0. The molecule has 2 aromatic rings. The van der Waals surface area contributed by atoms with Gasteiger partial charge in [-0.15, -0.1) is 0 Å². The van der Waals surface area contributed by atoms with Gasteiger partial charge >= 0.3 is 5.97 Å². The van der Waals surface area contributed by atoms with E-state index in [1.165, 1.54) is 30.3 Å². The fraction of sp³-hybridized carbons (Fsp3) is 0.190. The van der Waals surface area contributed by atoms with Crippen molar-refractivity contribution >= 4 is 40.9 Å². The van der Waals surface area contributed by atoms with E-state index in [1.54, 1.807) is 37.4 Å². The van der Waals surface area contributed by atoms with Gasteiger partial charge in [-0.05, 0) is 36.4 Å². The van der Waals surface area contributed by atoms with E-state index >= 15 is 0 Å². The summed E-state index contributed by atoms with van der Waals surface area (Å²) in [4.78, 5) is 25.1. The lowest BCUT2D eigenvalue weighted by molar-refractivity contribution is -0.136. The highest BCUT2D eigenvalue weighted by atomic mass is 35.5. The van der Waals surface area contributed by atoms with E-state index in [1.807, 2.05) is 19.0 Å². The highest BCUT2D eigenvalue weighted by molar-refractivity contribution is 6.34. The number of ether oxygens (including phenoxy) is 1. The van der Waals surface area contributed by atoms with Gasteiger partial charge < -0.3 is 9.64 Å². The molecule has 0 bridgehead atoms. The Morgan fingerprint density at radius 3 is 2.45 bits per heavy atom. The molecule has 0 atom stereocenters. The predicted octanol–water partition coefficient (Wildman–Crippen LogP) is 3.68. The molecule has 0 aliphatic carbocycles. The molecule has 2 rings (SSSR count). The minimum atomic E-state index is -0.794. The highest BCUT2D eigenvalue weighted by Gasteiger charge is 2.14. The van der Waals surface area contributed by atoms with Crippen LogP contribution in [0.2, 0.25) is 5.02 Å². The highest BCUT2D eigenvalue weighted by Crippen LogP contribution is 2.26. The molecule has 0 aromatic heterocycles. The quantitative estimate of drug-likeness (QED) is 0.131. The van der Waals surface area contributed by atoms with Crippen molar-refractivity contribution in [1.82, 2.24) is 0 Å². The Bertz CT molecular complexity index is 973. The smallest absolute Gasteiger partial charge is 0.341 e. The number of benzene rings is 2. The SMILES string of the molecule is COC(=O)/C(C=O)=C/C(=N\N(C)c1cccc(F)c1)c1ccc(N(C)C)c(Cl)c1. The van der Waals surface area contributed by atoms with Crippen molar-refractivity contribution in [3.63, 3.8) is 0 Å². The number of allylic oxidation sites excluding steroid dienone is 1. The van der Waals surface area contributed by atoms with Crippen LogP contribution in [0.25, 0.3) is 0 Å².